The van der Waals surface area contributed by atoms with Crippen molar-refractivity contribution in [1.29, 1.82) is 0 Å². The van der Waals surface area contributed by atoms with Gasteiger partial charge in [-0.3, -0.25) is 4.79 Å². The molecule has 0 aliphatic carbocycles. The van der Waals surface area contributed by atoms with Gasteiger partial charge in [-0.25, -0.2) is 9.67 Å². The van der Waals surface area contributed by atoms with Crippen LogP contribution in [0, 0.1) is 0 Å². The normalized spacial score (nSPS) is 11.4. The van der Waals surface area contributed by atoms with E-state index in [-0.39, 0.29) is 17.1 Å². The standard InChI is InChI=1S/C20H16F3N7OS2/c21-20(22,23)14-6-7-16(30-12-24-11-26-30)15(8-14)27-17(31)10-32-19-29-28-18(33-19)25-9-13-4-2-1-3-5-13/h1-8,11-12H,9-10H2,(H,25,28)(H,27,31). The number of benzene rings is 2. The van der Waals surface area contributed by atoms with Crippen molar-refractivity contribution in [2.75, 3.05) is 16.4 Å². The number of anilines is 2. The van der Waals surface area contributed by atoms with Gasteiger partial charge in [0.1, 0.15) is 12.7 Å². The second-order valence-electron chi connectivity index (χ2n) is 6.62. The number of nitrogens with zero attached hydrogens (tertiary/aromatic N) is 5. The molecule has 0 spiro atoms. The summed E-state index contributed by atoms with van der Waals surface area (Å²) in [5, 5.41) is 18.3. The lowest BCUT2D eigenvalue weighted by Crippen LogP contribution is -2.17. The number of alkyl halides is 3. The maximum absolute atomic E-state index is 13.2. The van der Waals surface area contributed by atoms with Crippen molar-refractivity contribution < 1.29 is 18.0 Å². The molecular formula is C20H16F3N7OS2. The van der Waals surface area contributed by atoms with Gasteiger partial charge in [0.2, 0.25) is 11.0 Å². The van der Waals surface area contributed by atoms with Crippen LogP contribution in [-0.2, 0) is 17.5 Å². The number of aromatic nitrogens is 5. The van der Waals surface area contributed by atoms with Crippen molar-refractivity contribution in [3.8, 4) is 5.69 Å². The first-order valence-corrected chi connectivity index (χ1v) is 11.3. The van der Waals surface area contributed by atoms with Gasteiger partial charge in [0, 0.05) is 6.54 Å². The Hall–Kier alpha value is -3.45. The highest BCUT2D eigenvalue weighted by Crippen LogP contribution is 2.33. The topological polar surface area (TPSA) is 97.6 Å². The molecule has 8 nitrogen and oxygen atoms in total. The third-order valence-corrected chi connectivity index (χ3v) is 6.30. The van der Waals surface area contributed by atoms with E-state index >= 15 is 0 Å². The van der Waals surface area contributed by atoms with Crippen LogP contribution < -0.4 is 10.6 Å². The molecule has 2 heterocycles. The summed E-state index contributed by atoms with van der Waals surface area (Å²) < 4.78 is 41.3. The first kappa shape index (κ1) is 22.7. The van der Waals surface area contributed by atoms with E-state index in [1.54, 1.807) is 0 Å². The summed E-state index contributed by atoms with van der Waals surface area (Å²) in [6, 6.07) is 12.8. The third-order valence-electron chi connectivity index (χ3n) is 4.28. The Morgan fingerprint density at radius 3 is 2.67 bits per heavy atom. The lowest BCUT2D eigenvalue weighted by molar-refractivity contribution is -0.137. The highest BCUT2D eigenvalue weighted by Gasteiger charge is 2.31. The first-order valence-electron chi connectivity index (χ1n) is 9.49. The fourth-order valence-electron chi connectivity index (χ4n) is 2.77. The van der Waals surface area contributed by atoms with E-state index in [0.717, 1.165) is 29.5 Å². The van der Waals surface area contributed by atoms with Crippen LogP contribution in [-0.4, -0.2) is 36.6 Å². The summed E-state index contributed by atoms with van der Waals surface area (Å²) in [6.07, 6.45) is -1.97. The minimum Gasteiger partial charge on any atom is -0.356 e. The SMILES string of the molecule is O=C(CSc1nnc(NCc2ccccc2)s1)Nc1cc(C(F)(F)F)ccc1-n1cncn1. The second kappa shape index (κ2) is 10.0. The first-order chi connectivity index (χ1) is 15.9. The van der Waals surface area contributed by atoms with Crippen LogP contribution in [0.15, 0.2) is 65.5 Å². The maximum Gasteiger partial charge on any atom is 0.416 e. The fourth-order valence-corrected chi connectivity index (χ4v) is 4.32. The molecule has 0 atom stereocenters. The van der Waals surface area contributed by atoms with Gasteiger partial charge < -0.3 is 10.6 Å². The summed E-state index contributed by atoms with van der Waals surface area (Å²) in [5.74, 6) is -0.546. The second-order valence-corrected chi connectivity index (χ2v) is 8.82. The van der Waals surface area contributed by atoms with Gasteiger partial charge in [0.15, 0.2) is 4.34 Å². The maximum atomic E-state index is 13.2. The molecule has 4 rings (SSSR count). The predicted molar refractivity (Wildman–Crippen MR) is 119 cm³/mol. The van der Waals surface area contributed by atoms with E-state index in [1.165, 1.54) is 34.7 Å². The minimum atomic E-state index is -4.55. The Kier molecular flexibility index (Phi) is 6.89. The van der Waals surface area contributed by atoms with Gasteiger partial charge in [-0.15, -0.1) is 10.2 Å². The monoisotopic (exact) mass is 491 g/mol. The number of rotatable bonds is 8. The molecule has 2 aromatic heterocycles. The minimum absolute atomic E-state index is 0.0246. The molecule has 0 saturated heterocycles. The van der Waals surface area contributed by atoms with Crippen molar-refractivity contribution in [3.63, 3.8) is 0 Å². The molecule has 0 unspecified atom stereocenters. The molecule has 0 fully saturated rings. The zero-order chi connectivity index (χ0) is 23.3. The van der Waals surface area contributed by atoms with E-state index in [9.17, 15) is 18.0 Å². The molecule has 0 bridgehead atoms. The summed E-state index contributed by atoms with van der Waals surface area (Å²) in [6.45, 7) is 0.585. The average Bonchev–Trinajstić information content (AvgIpc) is 3.49. The summed E-state index contributed by atoms with van der Waals surface area (Å²) in [5.41, 5.74) is 0.448. The largest absolute Gasteiger partial charge is 0.416 e. The molecule has 0 saturated carbocycles. The average molecular weight is 492 g/mol. The lowest BCUT2D eigenvalue weighted by atomic mass is 10.1. The number of nitrogens with one attached hydrogen (secondary N) is 2. The van der Waals surface area contributed by atoms with Gasteiger partial charge in [0.05, 0.1) is 22.7 Å². The van der Waals surface area contributed by atoms with Crippen LogP contribution in [0.5, 0.6) is 0 Å². The van der Waals surface area contributed by atoms with Crippen LogP contribution in [0.1, 0.15) is 11.1 Å². The Labute approximate surface area is 194 Å². The summed E-state index contributed by atoms with van der Waals surface area (Å²) in [7, 11) is 0. The number of carbonyl (C=O) groups is 1. The lowest BCUT2D eigenvalue weighted by Gasteiger charge is -2.14. The fraction of sp³-hybridized carbons (Fsp3) is 0.150. The molecule has 170 valence electrons. The zero-order valence-electron chi connectivity index (χ0n) is 16.8. The van der Waals surface area contributed by atoms with Gasteiger partial charge in [-0.05, 0) is 23.8 Å². The zero-order valence-corrected chi connectivity index (χ0v) is 18.4. The van der Waals surface area contributed by atoms with Crippen molar-refractivity contribution in [3.05, 3.63) is 72.3 Å². The Morgan fingerprint density at radius 2 is 1.94 bits per heavy atom. The molecule has 33 heavy (non-hydrogen) atoms. The smallest absolute Gasteiger partial charge is 0.356 e. The molecule has 0 radical (unpaired) electrons. The Morgan fingerprint density at radius 1 is 1.12 bits per heavy atom. The van der Waals surface area contributed by atoms with Crippen LogP contribution in [0.25, 0.3) is 5.69 Å². The van der Waals surface area contributed by atoms with Gasteiger partial charge in [0.25, 0.3) is 0 Å². The van der Waals surface area contributed by atoms with Crippen molar-refractivity contribution in [1.82, 2.24) is 25.0 Å². The molecule has 0 aliphatic heterocycles. The quantitative estimate of drug-likeness (QED) is 0.351. The van der Waals surface area contributed by atoms with Crippen LogP contribution >= 0.6 is 23.1 Å². The Balaban J connectivity index is 1.38. The number of hydrogen-bond donors (Lipinski definition) is 2. The summed E-state index contributed by atoms with van der Waals surface area (Å²) >= 11 is 2.43. The van der Waals surface area contributed by atoms with E-state index in [0.29, 0.717) is 16.0 Å². The highest BCUT2D eigenvalue weighted by atomic mass is 32.2. The van der Waals surface area contributed by atoms with Crippen molar-refractivity contribution in [2.24, 2.45) is 0 Å². The summed E-state index contributed by atoms with van der Waals surface area (Å²) in [4.78, 5) is 16.3. The number of halogens is 3. The molecule has 13 heteroatoms. The van der Waals surface area contributed by atoms with E-state index in [4.69, 9.17) is 0 Å². The van der Waals surface area contributed by atoms with Gasteiger partial charge >= 0.3 is 6.18 Å². The predicted octanol–water partition coefficient (Wildman–Crippen LogP) is 4.48. The van der Waals surface area contributed by atoms with E-state index in [2.05, 4.69) is 30.9 Å². The number of amides is 1. The van der Waals surface area contributed by atoms with Crippen molar-refractivity contribution in [2.45, 2.75) is 17.1 Å². The molecule has 1 amide bonds. The van der Waals surface area contributed by atoms with Gasteiger partial charge in [-0.2, -0.15) is 18.3 Å². The van der Waals surface area contributed by atoms with Crippen molar-refractivity contribution >= 4 is 39.8 Å². The molecule has 0 aliphatic rings. The van der Waals surface area contributed by atoms with E-state index in [1.807, 2.05) is 30.3 Å². The van der Waals surface area contributed by atoms with Gasteiger partial charge in [-0.1, -0.05) is 53.4 Å². The van der Waals surface area contributed by atoms with Crippen LogP contribution in [0.4, 0.5) is 24.0 Å². The van der Waals surface area contributed by atoms with Crippen LogP contribution in [0.3, 0.4) is 0 Å². The number of carbonyl (C=O) groups excluding carboxylic acids is 1. The Bertz CT molecular complexity index is 1210. The van der Waals surface area contributed by atoms with Crippen LogP contribution in [0.2, 0.25) is 0 Å². The number of hydrogen-bond acceptors (Lipinski definition) is 8. The third kappa shape index (κ3) is 6.08. The molecule has 2 N–H and O–H groups in total. The number of thioether (sulfide) groups is 1. The van der Waals surface area contributed by atoms with E-state index < -0.39 is 17.6 Å². The molecular weight excluding hydrogens is 475 g/mol. The molecule has 2 aromatic carbocycles. The molecule has 4 aromatic rings. The highest BCUT2D eigenvalue weighted by molar-refractivity contribution is 8.01.